The maximum atomic E-state index is 13.0. The third-order valence-corrected chi connectivity index (χ3v) is 6.54. The zero-order chi connectivity index (χ0) is 24.9. The van der Waals surface area contributed by atoms with Crippen LogP contribution in [0, 0.1) is 6.92 Å². The number of hydrogen-bond acceptors (Lipinski definition) is 6. The third-order valence-electron chi connectivity index (χ3n) is 5.01. The minimum Gasteiger partial charge on any atom is -0.493 e. The monoisotopic (exact) mass is 524 g/mol. The molecule has 1 heterocycles. The Morgan fingerprint density at radius 2 is 1.91 bits per heavy atom. The zero-order valence-electron chi connectivity index (χ0n) is 18.9. The van der Waals surface area contributed by atoms with Crippen molar-refractivity contribution in [1.29, 1.82) is 0 Å². The second-order valence-electron chi connectivity index (χ2n) is 7.61. The molecule has 0 radical (unpaired) electrons. The van der Waals surface area contributed by atoms with Crippen LogP contribution in [0.1, 0.15) is 11.1 Å². The lowest BCUT2D eigenvalue weighted by Crippen LogP contribution is -2.27. The van der Waals surface area contributed by atoms with Gasteiger partial charge in [-0.05, 0) is 66.6 Å². The largest absolute Gasteiger partial charge is 0.493 e. The Bertz CT molecular complexity index is 1340. The van der Waals surface area contributed by atoms with Gasteiger partial charge in [-0.1, -0.05) is 59.8 Å². The molecule has 0 aromatic heterocycles. The van der Waals surface area contributed by atoms with Crippen molar-refractivity contribution in [1.82, 2.24) is 0 Å². The summed E-state index contributed by atoms with van der Waals surface area (Å²) < 4.78 is 11.5. The number of amides is 2. The number of rotatable bonds is 7. The molecule has 1 fully saturated rings. The molecule has 35 heavy (non-hydrogen) atoms. The smallest absolute Gasteiger partial charge is 0.270 e. The number of ether oxygens (including phenoxy) is 2. The molecule has 1 aliphatic rings. The Hall–Kier alpha value is -3.33. The molecular weight excluding hydrogens is 504 g/mol. The summed E-state index contributed by atoms with van der Waals surface area (Å²) in [7, 11) is 1.51. The van der Waals surface area contributed by atoms with Gasteiger partial charge >= 0.3 is 0 Å². The quantitative estimate of drug-likeness (QED) is 0.298. The van der Waals surface area contributed by atoms with Gasteiger partial charge in [0.25, 0.3) is 11.8 Å². The molecule has 2 amide bonds. The molecule has 9 heteroatoms. The van der Waals surface area contributed by atoms with Crippen molar-refractivity contribution in [2.45, 2.75) is 6.92 Å². The number of methoxy groups -OCH3 is 1. The van der Waals surface area contributed by atoms with Gasteiger partial charge in [-0.25, -0.2) is 0 Å². The standard InChI is InChI=1S/C26H21ClN2O4S2/c1-16-5-3-7-19(11-16)28-24(30)15-33-21-10-9-17(12-22(21)32-2)13-23-25(31)29(26(34)35-23)20-8-4-6-18(27)14-20/h3-14H,15H2,1-2H3,(H,28,30)/b23-13-. The number of thioether (sulfide) groups is 1. The van der Waals surface area contributed by atoms with Crippen molar-refractivity contribution in [2.75, 3.05) is 23.9 Å². The molecule has 178 valence electrons. The number of halogens is 1. The summed E-state index contributed by atoms with van der Waals surface area (Å²) in [5.41, 5.74) is 3.10. The van der Waals surface area contributed by atoms with Crippen molar-refractivity contribution in [3.05, 3.63) is 87.8 Å². The Morgan fingerprint density at radius 1 is 1.11 bits per heavy atom. The van der Waals surface area contributed by atoms with Gasteiger partial charge in [-0.3, -0.25) is 14.5 Å². The first-order chi connectivity index (χ1) is 16.8. The van der Waals surface area contributed by atoms with E-state index in [1.54, 1.807) is 48.5 Å². The molecule has 0 aliphatic carbocycles. The van der Waals surface area contributed by atoms with E-state index in [-0.39, 0.29) is 18.4 Å². The van der Waals surface area contributed by atoms with Crippen LogP contribution in [0.4, 0.5) is 11.4 Å². The SMILES string of the molecule is COc1cc(/C=C2\SC(=S)N(c3cccc(Cl)c3)C2=O)ccc1OCC(=O)Nc1cccc(C)c1. The molecule has 3 aromatic rings. The molecule has 6 nitrogen and oxygen atoms in total. The van der Waals surface area contributed by atoms with Crippen LogP contribution in [0.5, 0.6) is 11.5 Å². The van der Waals surface area contributed by atoms with Crippen molar-refractivity contribution >= 4 is 69.2 Å². The van der Waals surface area contributed by atoms with E-state index in [4.69, 9.17) is 33.3 Å². The van der Waals surface area contributed by atoms with Crippen LogP contribution < -0.4 is 19.7 Å². The van der Waals surface area contributed by atoms with Crippen LogP contribution in [-0.2, 0) is 9.59 Å². The molecule has 3 aromatic carbocycles. The Labute approximate surface area is 217 Å². The molecule has 0 bridgehead atoms. The van der Waals surface area contributed by atoms with Crippen LogP contribution in [0.25, 0.3) is 6.08 Å². The number of benzene rings is 3. The van der Waals surface area contributed by atoms with Gasteiger partial charge in [0.05, 0.1) is 17.7 Å². The molecule has 0 saturated carbocycles. The van der Waals surface area contributed by atoms with E-state index in [2.05, 4.69) is 5.32 Å². The number of anilines is 2. The van der Waals surface area contributed by atoms with E-state index in [0.717, 1.165) is 11.1 Å². The summed E-state index contributed by atoms with van der Waals surface area (Å²) in [4.78, 5) is 27.2. The molecule has 0 spiro atoms. The van der Waals surface area contributed by atoms with E-state index in [0.29, 0.717) is 37.1 Å². The van der Waals surface area contributed by atoms with Gasteiger partial charge in [0.15, 0.2) is 22.4 Å². The molecule has 0 atom stereocenters. The fourth-order valence-corrected chi connectivity index (χ4v) is 4.90. The van der Waals surface area contributed by atoms with Crippen LogP contribution in [-0.4, -0.2) is 29.9 Å². The zero-order valence-corrected chi connectivity index (χ0v) is 21.3. The number of hydrogen-bond donors (Lipinski definition) is 1. The fourth-order valence-electron chi connectivity index (χ4n) is 3.41. The maximum absolute atomic E-state index is 13.0. The first kappa shape index (κ1) is 24.8. The Balaban J connectivity index is 1.45. The highest BCUT2D eigenvalue weighted by molar-refractivity contribution is 8.27. The first-order valence-electron chi connectivity index (χ1n) is 10.5. The molecule has 0 unspecified atom stereocenters. The van der Waals surface area contributed by atoms with Gasteiger partial charge in [-0.15, -0.1) is 0 Å². The summed E-state index contributed by atoms with van der Waals surface area (Å²) in [5, 5.41) is 3.32. The van der Waals surface area contributed by atoms with Crippen molar-refractivity contribution in [2.24, 2.45) is 0 Å². The van der Waals surface area contributed by atoms with Gasteiger partial charge in [0.1, 0.15) is 0 Å². The number of thiocarbonyl (C=S) groups is 1. The van der Waals surface area contributed by atoms with Crippen molar-refractivity contribution < 1.29 is 19.1 Å². The average molecular weight is 525 g/mol. The topological polar surface area (TPSA) is 67.9 Å². The molecule has 1 saturated heterocycles. The number of aryl methyl sites for hydroxylation is 1. The van der Waals surface area contributed by atoms with Gasteiger partial charge < -0.3 is 14.8 Å². The van der Waals surface area contributed by atoms with Crippen LogP contribution >= 0.6 is 35.6 Å². The minimum atomic E-state index is -0.286. The number of nitrogens with one attached hydrogen (secondary N) is 1. The number of carbonyl (C=O) groups is 2. The highest BCUT2D eigenvalue weighted by atomic mass is 35.5. The predicted octanol–water partition coefficient (Wildman–Crippen LogP) is 6.08. The maximum Gasteiger partial charge on any atom is 0.270 e. The van der Waals surface area contributed by atoms with Gasteiger partial charge in [0.2, 0.25) is 0 Å². The van der Waals surface area contributed by atoms with E-state index in [9.17, 15) is 9.59 Å². The molecule has 1 aliphatic heterocycles. The van der Waals surface area contributed by atoms with E-state index in [1.807, 2.05) is 31.2 Å². The van der Waals surface area contributed by atoms with E-state index < -0.39 is 0 Å². The first-order valence-corrected chi connectivity index (χ1v) is 12.1. The highest BCUT2D eigenvalue weighted by Crippen LogP contribution is 2.37. The van der Waals surface area contributed by atoms with Crippen LogP contribution in [0.15, 0.2) is 71.6 Å². The lowest BCUT2D eigenvalue weighted by atomic mass is 10.2. The average Bonchev–Trinajstić information content (AvgIpc) is 3.10. The summed E-state index contributed by atoms with van der Waals surface area (Å²) in [6, 6.07) is 19.7. The molecule has 4 rings (SSSR count). The second kappa shape index (κ2) is 10.9. The Kier molecular flexibility index (Phi) is 7.75. The number of carbonyl (C=O) groups excluding carboxylic acids is 2. The lowest BCUT2D eigenvalue weighted by Gasteiger charge is -2.14. The molecular formula is C26H21ClN2O4S2. The van der Waals surface area contributed by atoms with E-state index in [1.165, 1.54) is 23.8 Å². The van der Waals surface area contributed by atoms with Crippen LogP contribution in [0.3, 0.4) is 0 Å². The summed E-state index contributed by atoms with van der Waals surface area (Å²) in [5.74, 6) is 0.337. The highest BCUT2D eigenvalue weighted by Gasteiger charge is 2.33. The third kappa shape index (κ3) is 6.03. The van der Waals surface area contributed by atoms with Gasteiger partial charge in [-0.2, -0.15) is 0 Å². The summed E-state index contributed by atoms with van der Waals surface area (Å²) in [6.45, 7) is 1.77. The fraction of sp³-hybridized carbons (Fsp3) is 0.115. The number of nitrogens with zero attached hydrogens (tertiary/aromatic N) is 1. The van der Waals surface area contributed by atoms with Crippen molar-refractivity contribution in [3.8, 4) is 11.5 Å². The summed E-state index contributed by atoms with van der Waals surface area (Å²) >= 11 is 12.7. The second-order valence-corrected chi connectivity index (χ2v) is 9.73. The lowest BCUT2D eigenvalue weighted by molar-refractivity contribution is -0.118. The minimum absolute atomic E-state index is 0.179. The van der Waals surface area contributed by atoms with Crippen molar-refractivity contribution in [3.63, 3.8) is 0 Å². The van der Waals surface area contributed by atoms with E-state index >= 15 is 0 Å². The Morgan fingerprint density at radius 3 is 2.66 bits per heavy atom. The predicted molar refractivity (Wildman–Crippen MR) is 145 cm³/mol. The van der Waals surface area contributed by atoms with Crippen LogP contribution in [0.2, 0.25) is 5.02 Å². The summed E-state index contributed by atoms with van der Waals surface area (Å²) in [6.07, 6.45) is 1.74. The van der Waals surface area contributed by atoms with Gasteiger partial charge in [0, 0.05) is 10.7 Å². The molecule has 1 N–H and O–H groups in total. The normalized spacial score (nSPS) is 14.4.